The van der Waals surface area contributed by atoms with Gasteiger partial charge in [0.15, 0.2) is 0 Å². The first-order chi connectivity index (χ1) is 9.88. The summed E-state index contributed by atoms with van der Waals surface area (Å²) in [7, 11) is -1.56. The van der Waals surface area contributed by atoms with E-state index in [9.17, 15) is 4.79 Å². The number of nitrogens with zero attached hydrogens (tertiary/aromatic N) is 1. The predicted molar refractivity (Wildman–Crippen MR) is 93.7 cm³/mol. The van der Waals surface area contributed by atoms with Gasteiger partial charge in [-0.3, -0.25) is 9.78 Å². The van der Waals surface area contributed by atoms with Crippen molar-refractivity contribution in [3.8, 4) is 0 Å². The average Bonchev–Trinajstić information content (AvgIpc) is 2.44. The summed E-state index contributed by atoms with van der Waals surface area (Å²) >= 11 is 7.31. The monoisotopic (exact) mass is 335 g/mol. The molecule has 0 spiro atoms. The first-order valence-electron chi connectivity index (χ1n) is 6.75. The molecule has 0 saturated heterocycles. The summed E-state index contributed by atoms with van der Waals surface area (Å²) in [5.41, 5.74) is 1.63. The van der Waals surface area contributed by atoms with Crippen LogP contribution in [0.15, 0.2) is 48.7 Å². The lowest BCUT2D eigenvalue weighted by atomic mass is 10.2. The Bertz CT molecular complexity index is 628. The average molecular weight is 336 g/mol. The van der Waals surface area contributed by atoms with E-state index in [0.29, 0.717) is 10.7 Å². The van der Waals surface area contributed by atoms with Gasteiger partial charge in [0.1, 0.15) is 5.69 Å². The van der Waals surface area contributed by atoms with Crippen LogP contribution in [0.3, 0.4) is 0 Å². The molecule has 0 radical (unpaired) electrons. The molecule has 110 valence electrons. The molecule has 2 aromatic rings. The van der Waals surface area contributed by atoms with Gasteiger partial charge in [-0.1, -0.05) is 73.3 Å². The van der Waals surface area contributed by atoms with E-state index in [0.717, 1.165) is 0 Å². The molecule has 0 bridgehead atoms. The molecule has 2 rings (SSSR count). The van der Waals surface area contributed by atoms with Crippen LogP contribution < -0.4 is 0 Å². The van der Waals surface area contributed by atoms with Crippen LogP contribution in [0.1, 0.15) is 20.9 Å². The molecule has 0 saturated carbocycles. The number of thioether (sulfide) groups is 1. The first kappa shape index (κ1) is 16.3. The molecule has 2 nitrogen and oxygen atoms in total. The Balaban J connectivity index is 2.26. The normalized spacial score (nSPS) is 13.0. The van der Waals surface area contributed by atoms with Crippen molar-refractivity contribution < 1.29 is 4.79 Å². The van der Waals surface area contributed by atoms with Crippen molar-refractivity contribution >= 4 is 36.6 Å². The number of pyridine rings is 1. The van der Waals surface area contributed by atoms with Gasteiger partial charge in [-0.2, -0.15) is 0 Å². The predicted octanol–water partition coefficient (Wildman–Crippen LogP) is 5.23. The van der Waals surface area contributed by atoms with Crippen molar-refractivity contribution in [3.05, 3.63) is 64.9 Å². The van der Waals surface area contributed by atoms with Gasteiger partial charge in [-0.05, 0) is 17.7 Å². The SMILES string of the molecule is C[Si](C)(C)C(SC(=O)c1cc(Cl)ccn1)c1ccccc1. The Labute approximate surface area is 136 Å². The Morgan fingerprint density at radius 1 is 1.19 bits per heavy atom. The zero-order chi connectivity index (χ0) is 15.5. The Kier molecular flexibility index (Phi) is 5.25. The van der Waals surface area contributed by atoms with Gasteiger partial charge in [0.05, 0.1) is 8.07 Å². The van der Waals surface area contributed by atoms with Crippen LogP contribution in [-0.2, 0) is 0 Å². The third kappa shape index (κ3) is 4.43. The molecule has 0 aliphatic heterocycles. The minimum Gasteiger partial charge on any atom is -0.280 e. The van der Waals surface area contributed by atoms with E-state index in [1.54, 1.807) is 18.3 Å². The second kappa shape index (κ2) is 6.77. The lowest BCUT2D eigenvalue weighted by Crippen LogP contribution is -2.29. The van der Waals surface area contributed by atoms with Crippen molar-refractivity contribution in [2.75, 3.05) is 0 Å². The number of halogens is 1. The Morgan fingerprint density at radius 2 is 1.86 bits per heavy atom. The van der Waals surface area contributed by atoms with Crippen LogP contribution in [0, 0.1) is 0 Å². The lowest BCUT2D eigenvalue weighted by Gasteiger charge is -2.28. The number of aromatic nitrogens is 1. The summed E-state index contributed by atoms with van der Waals surface area (Å²) < 4.78 is 0. The summed E-state index contributed by atoms with van der Waals surface area (Å²) in [5, 5.41) is 0.520. The molecular formula is C16H18ClNOSSi. The summed E-state index contributed by atoms with van der Waals surface area (Å²) in [4.78, 5) is 16.8. The minimum atomic E-state index is -1.56. The second-order valence-corrected chi connectivity index (χ2v) is 13.2. The molecule has 21 heavy (non-hydrogen) atoms. The van der Waals surface area contributed by atoms with Crippen LogP contribution in [0.5, 0.6) is 0 Å². The lowest BCUT2D eigenvalue weighted by molar-refractivity contribution is 0.108. The van der Waals surface area contributed by atoms with Gasteiger partial charge in [0, 0.05) is 16.1 Å². The standard InChI is InChI=1S/C16H18ClNOSSi/c1-21(2,3)16(12-7-5-4-6-8-12)20-15(19)14-11-13(17)9-10-18-14/h4-11,16H,1-3H3. The highest BCUT2D eigenvalue weighted by Crippen LogP contribution is 2.39. The van der Waals surface area contributed by atoms with Gasteiger partial charge in [0.25, 0.3) is 0 Å². The van der Waals surface area contributed by atoms with Gasteiger partial charge in [-0.25, -0.2) is 0 Å². The number of carbonyl (C=O) groups excluding carboxylic acids is 1. The van der Waals surface area contributed by atoms with Crippen LogP contribution in [0.25, 0.3) is 0 Å². The van der Waals surface area contributed by atoms with Crippen molar-refractivity contribution in [2.24, 2.45) is 0 Å². The highest BCUT2D eigenvalue weighted by atomic mass is 35.5. The molecule has 1 unspecified atom stereocenters. The topological polar surface area (TPSA) is 30.0 Å². The fraction of sp³-hybridized carbons (Fsp3) is 0.250. The summed E-state index contributed by atoms with van der Waals surface area (Å²) in [6.07, 6.45) is 1.57. The highest BCUT2D eigenvalue weighted by molar-refractivity contribution is 8.15. The molecule has 0 amide bonds. The largest absolute Gasteiger partial charge is 0.280 e. The van der Waals surface area contributed by atoms with Gasteiger partial charge in [-0.15, -0.1) is 0 Å². The van der Waals surface area contributed by atoms with Crippen LogP contribution in [-0.4, -0.2) is 18.2 Å². The smallest absolute Gasteiger partial charge is 0.238 e. The zero-order valence-corrected chi connectivity index (χ0v) is 14.9. The summed E-state index contributed by atoms with van der Waals surface area (Å²) in [6, 6.07) is 13.5. The molecule has 1 aromatic heterocycles. The summed E-state index contributed by atoms with van der Waals surface area (Å²) in [5.74, 6) is 0. The van der Waals surface area contributed by atoms with Gasteiger partial charge < -0.3 is 0 Å². The number of hydrogen-bond donors (Lipinski definition) is 0. The van der Waals surface area contributed by atoms with Crippen LogP contribution >= 0.6 is 23.4 Å². The molecule has 1 heterocycles. The second-order valence-electron chi connectivity index (χ2n) is 5.92. The van der Waals surface area contributed by atoms with Gasteiger partial charge >= 0.3 is 0 Å². The number of benzene rings is 1. The molecule has 0 fully saturated rings. The molecule has 1 atom stereocenters. The highest BCUT2D eigenvalue weighted by Gasteiger charge is 2.31. The van der Waals surface area contributed by atoms with E-state index in [1.807, 2.05) is 18.2 Å². The van der Waals surface area contributed by atoms with E-state index in [4.69, 9.17) is 11.6 Å². The van der Waals surface area contributed by atoms with Crippen LogP contribution in [0.4, 0.5) is 0 Å². The zero-order valence-electron chi connectivity index (χ0n) is 12.3. The van der Waals surface area contributed by atoms with Crippen LogP contribution in [0.2, 0.25) is 24.7 Å². The molecule has 1 aromatic carbocycles. The number of hydrogen-bond acceptors (Lipinski definition) is 3. The maximum atomic E-state index is 12.5. The molecule has 0 N–H and O–H groups in total. The minimum absolute atomic E-state index is 0.0196. The number of carbonyl (C=O) groups is 1. The van der Waals surface area contributed by atoms with E-state index in [-0.39, 0.29) is 9.99 Å². The number of rotatable bonds is 4. The van der Waals surface area contributed by atoms with E-state index < -0.39 is 8.07 Å². The third-order valence-corrected chi connectivity index (χ3v) is 8.59. The fourth-order valence-electron chi connectivity index (χ4n) is 2.06. The quantitative estimate of drug-likeness (QED) is 0.717. The van der Waals surface area contributed by atoms with E-state index in [2.05, 4.69) is 36.8 Å². The summed E-state index contributed by atoms with van der Waals surface area (Å²) in [6.45, 7) is 6.82. The maximum Gasteiger partial charge on any atom is 0.238 e. The van der Waals surface area contributed by atoms with Crippen molar-refractivity contribution in [2.45, 2.75) is 24.5 Å². The van der Waals surface area contributed by atoms with E-state index in [1.165, 1.54) is 17.3 Å². The molecule has 0 aliphatic carbocycles. The van der Waals surface area contributed by atoms with E-state index >= 15 is 0 Å². The molecular weight excluding hydrogens is 318 g/mol. The third-order valence-electron chi connectivity index (χ3n) is 3.04. The molecule has 0 aliphatic rings. The van der Waals surface area contributed by atoms with Crippen molar-refractivity contribution in [1.29, 1.82) is 0 Å². The van der Waals surface area contributed by atoms with Gasteiger partial charge in [0.2, 0.25) is 5.12 Å². The fourth-order valence-corrected chi connectivity index (χ4v) is 5.88. The molecule has 5 heteroatoms. The Hall–Kier alpha value is -1.10. The maximum absolute atomic E-state index is 12.5. The van der Waals surface area contributed by atoms with Crippen molar-refractivity contribution in [1.82, 2.24) is 4.98 Å². The van der Waals surface area contributed by atoms with Crippen molar-refractivity contribution in [3.63, 3.8) is 0 Å². The first-order valence-corrected chi connectivity index (χ1v) is 11.6. The Morgan fingerprint density at radius 3 is 2.43 bits per heavy atom.